The van der Waals surface area contributed by atoms with E-state index in [1.807, 2.05) is 0 Å². The average molecular weight is 278 g/mol. The molecule has 4 N–H and O–H groups in total. The van der Waals surface area contributed by atoms with Gasteiger partial charge in [0.1, 0.15) is 17.2 Å². The van der Waals surface area contributed by atoms with Crippen LogP contribution in [0.4, 0.5) is 16.2 Å². The van der Waals surface area contributed by atoms with E-state index in [-0.39, 0.29) is 24.1 Å². The molecule has 1 atom stereocenters. The maximum absolute atomic E-state index is 13.8. The van der Waals surface area contributed by atoms with Crippen LogP contribution < -0.4 is 11.1 Å². The monoisotopic (exact) mass is 278 g/mol. The minimum atomic E-state index is -0.422. The minimum Gasteiger partial charge on any atom is -0.396 e. The van der Waals surface area contributed by atoms with E-state index in [1.165, 1.54) is 6.07 Å². The van der Waals surface area contributed by atoms with Gasteiger partial charge in [0.2, 0.25) is 5.95 Å². The molecule has 0 radical (unpaired) electrons. The molecule has 0 aliphatic rings. The summed E-state index contributed by atoms with van der Waals surface area (Å²) in [7, 11) is 0. The van der Waals surface area contributed by atoms with Crippen molar-refractivity contribution in [3.63, 3.8) is 0 Å². The first-order chi connectivity index (χ1) is 9.65. The lowest BCUT2D eigenvalue weighted by Crippen LogP contribution is -2.22. The number of nitrogens with one attached hydrogen (secondary N) is 1. The number of rotatable bonds is 6. The van der Waals surface area contributed by atoms with Gasteiger partial charge in [-0.3, -0.25) is 0 Å². The Bertz CT molecular complexity index is 585. The summed E-state index contributed by atoms with van der Waals surface area (Å²) in [5.41, 5.74) is 5.85. The smallest absolute Gasteiger partial charge is 0.222 e. The zero-order valence-electron chi connectivity index (χ0n) is 11.4. The highest BCUT2D eigenvalue weighted by Gasteiger charge is 2.13. The minimum absolute atomic E-state index is 0.0318. The van der Waals surface area contributed by atoms with Crippen molar-refractivity contribution in [3.8, 4) is 0 Å². The summed E-state index contributed by atoms with van der Waals surface area (Å²) in [6.45, 7) is 2.16. The summed E-state index contributed by atoms with van der Waals surface area (Å²) >= 11 is 0. The molecule has 0 aliphatic carbocycles. The molecule has 0 aliphatic heterocycles. The van der Waals surface area contributed by atoms with Crippen LogP contribution in [-0.4, -0.2) is 27.7 Å². The van der Waals surface area contributed by atoms with E-state index in [4.69, 9.17) is 10.8 Å². The average Bonchev–Trinajstić information content (AvgIpc) is 2.40. The molecule has 2 aromatic rings. The number of fused-ring (bicyclic) bond motifs is 1. The number of halogens is 1. The quantitative estimate of drug-likeness (QED) is 0.755. The highest BCUT2D eigenvalue weighted by molar-refractivity contribution is 5.90. The Labute approximate surface area is 117 Å². The summed E-state index contributed by atoms with van der Waals surface area (Å²) in [5, 5.41) is 12.9. The molecule has 108 valence electrons. The van der Waals surface area contributed by atoms with Gasteiger partial charge in [0.25, 0.3) is 0 Å². The van der Waals surface area contributed by atoms with Crippen molar-refractivity contribution in [2.45, 2.75) is 32.2 Å². The SMILES string of the molecule is CCCC(CCO)Nc1nc(N)nc2c(F)cccc12. The van der Waals surface area contributed by atoms with Crippen LogP contribution in [0.25, 0.3) is 10.9 Å². The lowest BCUT2D eigenvalue weighted by molar-refractivity contribution is 0.276. The second kappa shape index (κ2) is 6.47. The third-order valence-electron chi connectivity index (χ3n) is 3.15. The lowest BCUT2D eigenvalue weighted by Gasteiger charge is -2.19. The Morgan fingerprint density at radius 2 is 2.15 bits per heavy atom. The summed E-state index contributed by atoms with van der Waals surface area (Å²) in [4.78, 5) is 8.09. The maximum atomic E-state index is 13.8. The van der Waals surface area contributed by atoms with Gasteiger partial charge < -0.3 is 16.2 Å². The second-order valence-corrected chi connectivity index (χ2v) is 4.71. The summed E-state index contributed by atoms with van der Waals surface area (Å²) < 4.78 is 13.8. The van der Waals surface area contributed by atoms with E-state index >= 15 is 0 Å². The van der Waals surface area contributed by atoms with E-state index in [1.54, 1.807) is 12.1 Å². The number of hydrogen-bond acceptors (Lipinski definition) is 5. The van der Waals surface area contributed by atoms with Gasteiger partial charge in [0, 0.05) is 18.0 Å². The molecule has 1 aromatic heterocycles. The fourth-order valence-electron chi connectivity index (χ4n) is 2.23. The number of nitrogens with two attached hydrogens (primary N) is 1. The van der Waals surface area contributed by atoms with Crippen LogP contribution in [0.3, 0.4) is 0 Å². The summed E-state index contributed by atoms with van der Waals surface area (Å²) in [6, 6.07) is 4.78. The maximum Gasteiger partial charge on any atom is 0.222 e. The normalized spacial score (nSPS) is 12.6. The second-order valence-electron chi connectivity index (χ2n) is 4.71. The van der Waals surface area contributed by atoms with E-state index in [0.29, 0.717) is 17.6 Å². The van der Waals surface area contributed by atoms with Crippen molar-refractivity contribution in [1.82, 2.24) is 9.97 Å². The first kappa shape index (κ1) is 14.5. The number of anilines is 2. The van der Waals surface area contributed by atoms with Crippen LogP contribution in [-0.2, 0) is 0 Å². The topological polar surface area (TPSA) is 84.1 Å². The molecule has 0 saturated carbocycles. The molecule has 1 heterocycles. The highest BCUT2D eigenvalue weighted by Crippen LogP contribution is 2.24. The standard InChI is InChI=1S/C14H19FN4O/c1-2-4-9(7-8-20)17-13-10-5-3-6-11(15)12(10)18-14(16)19-13/h3,5-6,9,20H,2,4,7-8H2,1H3,(H3,16,17,18,19). The largest absolute Gasteiger partial charge is 0.396 e. The van der Waals surface area contributed by atoms with E-state index in [9.17, 15) is 4.39 Å². The van der Waals surface area contributed by atoms with Gasteiger partial charge in [-0.2, -0.15) is 4.98 Å². The van der Waals surface area contributed by atoms with Crippen LogP contribution in [0, 0.1) is 5.82 Å². The van der Waals surface area contributed by atoms with Crippen molar-refractivity contribution in [2.24, 2.45) is 0 Å². The van der Waals surface area contributed by atoms with Crippen molar-refractivity contribution in [2.75, 3.05) is 17.7 Å². The molecule has 0 bridgehead atoms. The van der Waals surface area contributed by atoms with E-state index in [2.05, 4.69) is 22.2 Å². The van der Waals surface area contributed by atoms with Crippen LogP contribution in [0.2, 0.25) is 0 Å². The Morgan fingerprint density at radius 3 is 2.85 bits per heavy atom. The third-order valence-corrected chi connectivity index (χ3v) is 3.15. The first-order valence-electron chi connectivity index (χ1n) is 6.74. The van der Waals surface area contributed by atoms with Gasteiger partial charge in [-0.15, -0.1) is 0 Å². The fourth-order valence-corrected chi connectivity index (χ4v) is 2.23. The summed E-state index contributed by atoms with van der Waals surface area (Å²) in [5.74, 6) is 0.122. The Kier molecular flexibility index (Phi) is 4.68. The van der Waals surface area contributed by atoms with Crippen molar-refractivity contribution < 1.29 is 9.50 Å². The molecule has 0 spiro atoms. The fraction of sp³-hybridized carbons (Fsp3) is 0.429. The first-order valence-corrected chi connectivity index (χ1v) is 6.74. The number of aliphatic hydroxyl groups excluding tert-OH is 1. The van der Waals surface area contributed by atoms with Gasteiger partial charge in [0.15, 0.2) is 0 Å². The molecular weight excluding hydrogens is 259 g/mol. The number of aromatic nitrogens is 2. The number of hydrogen-bond donors (Lipinski definition) is 3. The highest BCUT2D eigenvalue weighted by atomic mass is 19.1. The molecule has 5 nitrogen and oxygen atoms in total. The number of nitrogen functional groups attached to an aromatic ring is 1. The van der Waals surface area contributed by atoms with Gasteiger partial charge in [-0.1, -0.05) is 19.4 Å². The molecule has 1 aromatic carbocycles. The van der Waals surface area contributed by atoms with Crippen molar-refractivity contribution >= 4 is 22.7 Å². The molecule has 1 unspecified atom stereocenters. The summed E-state index contributed by atoms with van der Waals surface area (Å²) in [6.07, 6.45) is 2.47. The van der Waals surface area contributed by atoms with E-state index < -0.39 is 5.82 Å². The zero-order valence-corrected chi connectivity index (χ0v) is 11.4. The van der Waals surface area contributed by atoms with Crippen LogP contribution in [0.1, 0.15) is 26.2 Å². The lowest BCUT2D eigenvalue weighted by atomic mass is 10.1. The predicted octanol–water partition coefficient (Wildman–Crippen LogP) is 2.31. The molecule has 0 amide bonds. The zero-order chi connectivity index (χ0) is 14.5. The van der Waals surface area contributed by atoms with Gasteiger partial charge >= 0.3 is 0 Å². The molecule has 2 rings (SSSR count). The van der Waals surface area contributed by atoms with Gasteiger partial charge in [-0.25, -0.2) is 9.37 Å². The molecule has 0 fully saturated rings. The Balaban J connectivity index is 2.40. The molecule has 0 saturated heterocycles. The Hall–Kier alpha value is -1.95. The van der Waals surface area contributed by atoms with Gasteiger partial charge in [-0.05, 0) is 25.0 Å². The third kappa shape index (κ3) is 3.14. The predicted molar refractivity (Wildman–Crippen MR) is 77.9 cm³/mol. The number of benzene rings is 1. The van der Waals surface area contributed by atoms with Crippen molar-refractivity contribution in [1.29, 1.82) is 0 Å². The van der Waals surface area contributed by atoms with Crippen LogP contribution in [0.5, 0.6) is 0 Å². The number of aliphatic hydroxyl groups is 1. The number of nitrogens with zero attached hydrogens (tertiary/aromatic N) is 2. The van der Waals surface area contributed by atoms with Gasteiger partial charge in [0.05, 0.1) is 0 Å². The molecule has 6 heteroatoms. The van der Waals surface area contributed by atoms with E-state index in [0.717, 1.165) is 12.8 Å². The molecule has 20 heavy (non-hydrogen) atoms. The Morgan fingerprint density at radius 1 is 1.35 bits per heavy atom. The van der Waals surface area contributed by atoms with Crippen LogP contribution >= 0.6 is 0 Å². The van der Waals surface area contributed by atoms with Crippen molar-refractivity contribution in [3.05, 3.63) is 24.0 Å². The number of para-hydroxylation sites is 1. The molecular formula is C14H19FN4O. The van der Waals surface area contributed by atoms with Crippen LogP contribution in [0.15, 0.2) is 18.2 Å².